The second-order valence-electron chi connectivity index (χ2n) is 4.48. The minimum Gasteiger partial charge on any atom is -0.175 e. The number of hydrogen-bond donors (Lipinski definition) is 0. The Morgan fingerprint density at radius 2 is 1.71 bits per heavy atom. The summed E-state index contributed by atoms with van der Waals surface area (Å²) in [6, 6.07) is 17.2. The largest absolute Gasteiger partial charge is 0.175 e. The molecule has 2 heteroatoms. The van der Waals surface area contributed by atoms with Crippen molar-refractivity contribution >= 4 is 19.9 Å². The first-order valence-electron chi connectivity index (χ1n) is 5.90. The molecule has 1 unspecified atom stereocenters. The first-order valence-corrected chi connectivity index (χ1v) is 8.86. The fourth-order valence-corrected chi connectivity index (χ4v) is 4.36. The number of hydrogen-bond acceptors (Lipinski definition) is 0. The van der Waals surface area contributed by atoms with Crippen LogP contribution in [0.2, 0.25) is 0 Å². The molecule has 0 nitrogen and oxygen atoms in total. The van der Waals surface area contributed by atoms with Gasteiger partial charge < -0.3 is 0 Å². The Hall–Kier alpha value is -1.05. The second-order valence-corrected chi connectivity index (χ2v) is 6.53. The highest BCUT2D eigenvalue weighted by molar-refractivity contribution is 6.94. The van der Waals surface area contributed by atoms with Gasteiger partial charge in [0.15, 0.2) is 0 Å². The van der Waals surface area contributed by atoms with Crippen molar-refractivity contribution in [3.63, 3.8) is 0 Å². The van der Waals surface area contributed by atoms with E-state index >= 15 is 0 Å². The Morgan fingerprint density at radius 3 is 2.29 bits per heavy atom. The predicted molar refractivity (Wildman–Crippen MR) is 78.6 cm³/mol. The summed E-state index contributed by atoms with van der Waals surface area (Å²) < 4.78 is 0. The van der Waals surface area contributed by atoms with Gasteiger partial charge in [-0.15, -0.1) is 0 Å². The van der Waals surface area contributed by atoms with E-state index in [1.165, 1.54) is 22.3 Å². The van der Waals surface area contributed by atoms with Gasteiger partial charge in [-0.05, 0) is 30.5 Å². The van der Waals surface area contributed by atoms with Crippen molar-refractivity contribution in [3.8, 4) is 0 Å². The molecule has 0 radical (unpaired) electrons. The van der Waals surface area contributed by atoms with Crippen molar-refractivity contribution in [2.24, 2.45) is 0 Å². The van der Waals surface area contributed by atoms with Crippen LogP contribution >= 0.6 is 11.1 Å². The zero-order valence-corrected chi connectivity index (χ0v) is 12.5. The van der Waals surface area contributed by atoms with Crippen molar-refractivity contribution < 1.29 is 0 Å². The van der Waals surface area contributed by atoms with E-state index in [0.29, 0.717) is 5.54 Å². The molecule has 0 N–H and O–H groups in total. The lowest BCUT2D eigenvalue weighted by Gasteiger charge is -2.17. The van der Waals surface area contributed by atoms with E-state index in [0.717, 1.165) is 0 Å². The summed E-state index contributed by atoms with van der Waals surface area (Å²) in [7, 11) is -0.630. The molecular formula is C15H17ClSi. The van der Waals surface area contributed by atoms with E-state index in [4.69, 9.17) is 11.1 Å². The fourth-order valence-electron chi connectivity index (χ4n) is 2.25. The van der Waals surface area contributed by atoms with E-state index in [-0.39, 0.29) is 0 Å². The minimum atomic E-state index is -0.630. The van der Waals surface area contributed by atoms with E-state index in [1.807, 2.05) is 0 Å². The summed E-state index contributed by atoms with van der Waals surface area (Å²) in [5.41, 5.74) is 5.84. The summed E-state index contributed by atoms with van der Waals surface area (Å²) in [4.78, 5) is 0. The van der Waals surface area contributed by atoms with Gasteiger partial charge in [-0.3, -0.25) is 0 Å². The zero-order valence-electron chi connectivity index (χ0n) is 10.3. The van der Waals surface area contributed by atoms with Crippen LogP contribution in [0.3, 0.4) is 0 Å². The van der Waals surface area contributed by atoms with Gasteiger partial charge >= 0.3 is 0 Å². The van der Waals surface area contributed by atoms with Crippen LogP contribution in [-0.2, 0) is 0 Å². The van der Waals surface area contributed by atoms with Crippen LogP contribution in [0.25, 0.3) is 0 Å². The maximum absolute atomic E-state index is 6.29. The molecule has 0 fully saturated rings. The van der Waals surface area contributed by atoms with Crippen LogP contribution < -0.4 is 0 Å². The van der Waals surface area contributed by atoms with E-state index in [2.05, 4.69) is 62.4 Å². The lowest BCUT2D eigenvalue weighted by molar-refractivity contribution is 1.10. The highest BCUT2D eigenvalue weighted by Gasteiger charge is 2.15. The van der Waals surface area contributed by atoms with Gasteiger partial charge in [-0.1, -0.05) is 54.1 Å². The SMILES string of the molecule is Cc1ccc(C([SiH2]Cl)c2ccccc2)c(C)c1. The maximum Gasteiger partial charge on any atom is 0.137 e. The molecule has 0 aromatic heterocycles. The normalized spacial score (nSPS) is 13.1. The third-order valence-electron chi connectivity index (χ3n) is 3.16. The third-order valence-corrected chi connectivity index (χ3v) is 5.30. The van der Waals surface area contributed by atoms with Gasteiger partial charge in [-0.2, -0.15) is 11.1 Å². The summed E-state index contributed by atoms with van der Waals surface area (Å²) in [6.45, 7) is 4.31. The summed E-state index contributed by atoms with van der Waals surface area (Å²) in [5.74, 6) is 0. The second kappa shape index (κ2) is 5.52. The molecule has 88 valence electrons. The molecule has 2 aromatic carbocycles. The molecule has 17 heavy (non-hydrogen) atoms. The lowest BCUT2D eigenvalue weighted by Crippen LogP contribution is -2.07. The molecule has 0 amide bonds. The monoisotopic (exact) mass is 260 g/mol. The third kappa shape index (κ3) is 2.79. The standard InChI is InChI=1S/C15H17ClSi/c1-11-8-9-14(12(2)10-11)15(17-16)13-6-4-3-5-7-13/h3-10,15H,17H2,1-2H3. The van der Waals surface area contributed by atoms with Crippen LogP contribution in [0.15, 0.2) is 48.5 Å². The van der Waals surface area contributed by atoms with Crippen molar-refractivity contribution in [2.75, 3.05) is 0 Å². The summed E-state index contributed by atoms with van der Waals surface area (Å²) in [5, 5.41) is 0. The van der Waals surface area contributed by atoms with Gasteiger partial charge in [0.25, 0.3) is 0 Å². The van der Waals surface area contributed by atoms with Crippen LogP contribution in [0.5, 0.6) is 0 Å². The maximum atomic E-state index is 6.29. The molecule has 0 saturated heterocycles. The average Bonchev–Trinajstić information content (AvgIpc) is 2.34. The topological polar surface area (TPSA) is 0 Å². The van der Waals surface area contributed by atoms with Crippen molar-refractivity contribution in [2.45, 2.75) is 19.4 Å². The molecule has 1 atom stereocenters. The molecule has 0 aliphatic carbocycles. The minimum absolute atomic E-state index is 0.429. The number of aryl methyl sites for hydroxylation is 2. The first-order chi connectivity index (χ1) is 8.22. The number of halogens is 1. The molecule has 0 saturated carbocycles. The first kappa shape index (κ1) is 12.4. The van der Waals surface area contributed by atoms with Crippen molar-refractivity contribution in [1.82, 2.24) is 0 Å². The molecule has 0 bridgehead atoms. The Morgan fingerprint density at radius 1 is 1.00 bits per heavy atom. The Labute approximate surface area is 110 Å². The number of rotatable bonds is 3. The van der Waals surface area contributed by atoms with Crippen molar-refractivity contribution in [1.29, 1.82) is 0 Å². The molecule has 0 heterocycles. The van der Waals surface area contributed by atoms with Gasteiger partial charge in [0.2, 0.25) is 0 Å². The summed E-state index contributed by atoms with van der Waals surface area (Å²) in [6.07, 6.45) is 0. The predicted octanol–water partition coefficient (Wildman–Crippen LogP) is 3.72. The van der Waals surface area contributed by atoms with Gasteiger partial charge in [0, 0.05) is 5.54 Å². The molecular weight excluding hydrogens is 244 g/mol. The van der Waals surface area contributed by atoms with Gasteiger partial charge in [-0.25, -0.2) is 0 Å². The van der Waals surface area contributed by atoms with Crippen LogP contribution in [0, 0.1) is 13.8 Å². The van der Waals surface area contributed by atoms with E-state index < -0.39 is 8.83 Å². The quantitative estimate of drug-likeness (QED) is 0.583. The van der Waals surface area contributed by atoms with Gasteiger partial charge in [0.05, 0.1) is 0 Å². The average molecular weight is 261 g/mol. The van der Waals surface area contributed by atoms with Crippen LogP contribution in [-0.4, -0.2) is 8.83 Å². The van der Waals surface area contributed by atoms with Crippen molar-refractivity contribution in [3.05, 3.63) is 70.8 Å². The summed E-state index contributed by atoms with van der Waals surface area (Å²) >= 11 is 6.29. The van der Waals surface area contributed by atoms with Crippen LogP contribution in [0.4, 0.5) is 0 Å². The smallest absolute Gasteiger partial charge is 0.137 e. The molecule has 0 spiro atoms. The van der Waals surface area contributed by atoms with E-state index in [1.54, 1.807) is 0 Å². The lowest BCUT2D eigenvalue weighted by atomic mass is 9.98. The molecule has 0 aliphatic heterocycles. The molecule has 2 rings (SSSR count). The Bertz CT molecular complexity index is 494. The van der Waals surface area contributed by atoms with E-state index in [9.17, 15) is 0 Å². The number of benzene rings is 2. The fraction of sp³-hybridized carbons (Fsp3) is 0.200. The van der Waals surface area contributed by atoms with Crippen LogP contribution in [0.1, 0.15) is 27.8 Å². The Kier molecular flexibility index (Phi) is 4.03. The molecule has 2 aromatic rings. The van der Waals surface area contributed by atoms with Gasteiger partial charge in [0.1, 0.15) is 8.83 Å². The Balaban J connectivity index is 2.42. The highest BCUT2D eigenvalue weighted by atomic mass is 35.6. The highest BCUT2D eigenvalue weighted by Crippen LogP contribution is 2.27. The zero-order chi connectivity index (χ0) is 12.3. The molecule has 0 aliphatic rings.